The zero-order valence-corrected chi connectivity index (χ0v) is 10.0. The molecule has 5 heteroatoms. The van der Waals surface area contributed by atoms with Crippen LogP contribution in [-0.2, 0) is 9.59 Å². The maximum atomic E-state index is 11.1. The van der Waals surface area contributed by atoms with E-state index in [1.807, 2.05) is 0 Å². The Morgan fingerprint density at radius 1 is 1.21 bits per heavy atom. The van der Waals surface area contributed by atoms with Crippen molar-refractivity contribution in [3.8, 4) is 0 Å². The average Bonchev–Trinajstić information content (AvgIpc) is 2.16. The largest absolute Gasteiger partial charge is 0.355 e. The summed E-state index contributed by atoms with van der Waals surface area (Å²) in [5, 5.41) is 5.87. The monoisotopic (exact) mass is 264 g/mol. The summed E-state index contributed by atoms with van der Waals surface area (Å²) in [6.45, 7) is 2.82. The highest BCUT2D eigenvalue weighted by molar-refractivity contribution is 9.09. The van der Waals surface area contributed by atoms with Gasteiger partial charge in [0, 0.05) is 18.3 Å². The number of unbranched alkanes of at least 4 members (excludes halogenated alkanes) is 1. The molecule has 0 fully saturated rings. The van der Waals surface area contributed by atoms with E-state index in [2.05, 4.69) is 33.5 Å². The fourth-order valence-electron chi connectivity index (χ4n) is 0.820. The van der Waals surface area contributed by atoms with E-state index in [0.717, 1.165) is 12.8 Å². The van der Waals surface area contributed by atoms with Crippen molar-refractivity contribution < 1.29 is 9.59 Å². The summed E-state index contributed by atoms with van der Waals surface area (Å²) >= 11 is 3.15. The minimum atomic E-state index is -0.124. The SMILES string of the molecule is CCCCNC(=O)CNC(=O)CCBr. The molecule has 0 aromatic rings. The first kappa shape index (κ1) is 13.4. The Kier molecular flexibility index (Phi) is 8.62. The molecule has 0 rings (SSSR count). The molecule has 0 saturated carbocycles. The van der Waals surface area contributed by atoms with Crippen LogP contribution < -0.4 is 10.6 Å². The van der Waals surface area contributed by atoms with Crippen LogP contribution in [0.25, 0.3) is 0 Å². The van der Waals surface area contributed by atoms with E-state index < -0.39 is 0 Å². The Morgan fingerprint density at radius 3 is 2.50 bits per heavy atom. The number of hydrogen-bond acceptors (Lipinski definition) is 2. The number of alkyl halides is 1. The molecule has 14 heavy (non-hydrogen) atoms. The van der Waals surface area contributed by atoms with Crippen LogP contribution >= 0.6 is 15.9 Å². The van der Waals surface area contributed by atoms with E-state index in [4.69, 9.17) is 0 Å². The second kappa shape index (κ2) is 8.99. The zero-order valence-electron chi connectivity index (χ0n) is 8.44. The molecule has 0 radical (unpaired) electrons. The van der Waals surface area contributed by atoms with Crippen molar-refractivity contribution in [3.05, 3.63) is 0 Å². The zero-order chi connectivity index (χ0) is 10.8. The minimum Gasteiger partial charge on any atom is -0.355 e. The molecule has 0 aliphatic rings. The third-order valence-electron chi connectivity index (χ3n) is 1.62. The highest BCUT2D eigenvalue weighted by Crippen LogP contribution is 1.86. The van der Waals surface area contributed by atoms with Crippen LogP contribution in [-0.4, -0.2) is 30.2 Å². The molecule has 0 aromatic heterocycles. The van der Waals surface area contributed by atoms with Crippen LogP contribution in [0.15, 0.2) is 0 Å². The highest BCUT2D eigenvalue weighted by Gasteiger charge is 2.03. The maximum absolute atomic E-state index is 11.1. The van der Waals surface area contributed by atoms with Gasteiger partial charge in [0.05, 0.1) is 6.54 Å². The summed E-state index contributed by atoms with van der Waals surface area (Å²) in [7, 11) is 0. The maximum Gasteiger partial charge on any atom is 0.239 e. The number of halogens is 1. The lowest BCUT2D eigenvalue weighted by Crippen LogP contribution is -2.37. The fraction of sp³-hybridized carbons (Fsp3) is 0.778. The smallest absolute Gasteiger partial charge is 0.239 e. The van der Waals surface area contributed by atoms with Crippen LogP contribution in [0.5, 0.6) is 0 Å². The molecule has 0 aliphatic heterocycles. The van der Waals surface area contributed by atoms with Crippen LogP contribution in [0, 0.1) is 0 Å². The molecule has 82 valence electrons. The van der Waals surface area contributed by atoms with Crippen molar-refractivity contribution in [1.29, 1.82) is 0 Å². The Balaban J connectivity index is 3.39. The summed E-state index contributed by atoms with van der Waals surface area (Å²) in [6, 6.07) is 0. The Morgan fingerprint density at radius 2 is 1.93 bits per heavy atom. The lowest BCUT2D eigenvalue weighted by atomic mass is 10.3. The van der Waals surface area contributed by atoms with E-state index in [9.17, 15) is 9.59 Å². The van der Waals surface area contributed by atoms with Crippen molar-refractivity contribution in [2.24, 2.45) is 0 Å². The predicted molar refractivity (Wildman–Crippen MR) is 59.3 cm³/mol. The van der Waals surface area contributed by atoms with E-state index in [-0.39, 0.29) is 18.4 Å². The van der Waals surface area contributed by atoms with Crippen molar-refractivity contribution >= 4 is 27.7 Å². The van der Waals surface area contributed by atoms with Gasteiger partial charge in [0.2, 0.25) is 11.8 Å². The normalized spacial score (nSPS) is 9.57. The van der Waals surface area contributed by atoms with Gasteiger partial charge in [-0.15, -0.1) is 0 Å². The van der Waals surface area contributed by atoms with E-state index >= 15 is 0 Å². The molecule has 0 unspecified atom stereocenters. The van der Waals surface area contributed by atoms with Gasteiger partial charge in [0.1, 0.15) is 0 Å². The average molecular weight is 265 g/mol. The Bertz CT molecular complexity index is 186. The first-order chi connectivity index (χ1) is 6.70. The van der Waals surface area contributed by atoms with Gasteiger partial charge in [-0.2, -0.15) is 0 Å². The Labute approximate surface area is 92.9 Å². The second-order valence-corrected chi connectivity index (χ2v) is 3.71. The molecule has 0 heterocycles. The number of rotatable bonds is 7. The molecule has 2 N–H and O–H groups in total. The highest BCUT2D eigenvalue weighted by atomic mass is 79.9. The van der Waals surface area contributed by atoms with Gasteiger partial charge in [-0.3, -0.25) is 9.59 Å². The first-order valence-electron chi connectivity index (χ1n) is 4.80. The molecule has 2 amide bonds. The third kappa shape index (κ3) is 8.04. The van der Waals surface area contributed by atoms with Gasteiger partial charge in [-0.05, 0) is 6.42 Å². The van der Waals surface area contributed by atoms with Crippen LogP contribution in [0.4, 0.5) is 0 Å². The summed E-state index contributed by atoms with van der Waals surface area (Å²) in [5.41, 5.74) is 0. The lowest BCUT2D eigenvalue weighted by molar-refractivity contribution is -0.125. The third-order valence-corrected chi connectivity index (χ3v) is 2.02. The van der Waals surface area contributed by atoms with Crippen LogP contribution in [0.1, 0.15) is 26.2 Å². The van der Waals surface area contributed by atoms with Gasteiger partial charge in [-0.1, -0.05) is 29.3 Å². The first-order valence-corrected chi connectivity index (χ1v) is 5.92. The fourth-order valence-corrected chi connectivity index (χ4v) is 1.18. The number of nitrogens with one attached hydrogen (secondary N) is 2. The van der Waals surface area contributed by atoms with E-state index in [1.54, 1.807) is 0 Å². The number of carbonyl (C=O) groups is 2. The van der Waals surface area contributed by atoms with Gasteiger partial charge < -0.3 is 10.6 Å². The van der Waals surface area contributed by atoms with Crippen molar-refractivity contribution in [2.45, 2.75) is 26.2 Å². The number of hydrogen-bond donors (Lipinski definition) is 2. The van der Waals surface area contributed by atoms with Gasteiger partial charge in [0.25, 0.3) is 0 Å². The standard InChI is InChI=1S/C9H17BrN2O2/c1-2-3-6-11-9(14)7-12-8(13)4-5-10/h2-7H2,1H3,(H,11,14)(H,12,13). The lowest BCUT2D eigenvalue weighted by Gasteiger charge is -2.05. The summed E-state index contributed by atoms with van der Waals surface area (Å²) in [4.78, 5) is 22.0. The van der Waals surface area contributed by atoms with Crippen molar-refractivity contribution in [1.82, 2.24) is 10.6 Å². The number of carbonyl (C=O) groups excluding carboxylic acids is 2. The molecule has 0 bridgehead atoms. The molecule has 0 spiro atoms. The quantitative estimate of drug-likeness (QED) is 0.528. The van der Waals surface area contributed by atoms with E-state index in [1.165, 1.54) is 0 Å². The molecule has 0 saturated heterocycles. The second-order valence-electron chi connectivity index (χ2n) is 2.92. The molecular weight excluding hydrogens is 248 g/mol. The molecule has 0 aromatic carbocycles. The number of amides is 2. The summed E-state index contributed by atoms with van der Waals surface area (Å²) < 4.78 is 0. The van der Waals surface area contributed by atoms with E-state index in [0.29, 0.717) is 18.3 Å². The Hall–Kier alpha value is -0.580. The van der Waals surface area contributed by atoms with Gasteiger partial charge in [0.15, 0.2) is 0 Å². The predicted octanol–water partition coefficient (Wildman–Crippen LogP) is 0.804. The van der Waals surface area contributed by atoms with Gasteiger partial charge >= 0.3 is 0 Å². The molecule has 0 atom stereocenters. The van der Waals surface area contributed by atoms with Crippen molar-refractivity contribution in [3.63, 3.8) is 0 Å². The summed E-state index contributed by atoms with van der Waals surface area (Å²) in [5.74, 6) is -0.228. The van der Waals surface area contributed by atoms with Crippen LogP contribution in [0.2, 0.25) is 0 Å². The van der Waals surface area contributed by atoms with Crippen LogP contribution in [0.3, 0.4) is 0 Å². The summed E-state index contributed by atoms with van der Waals surface area (Å²) in [6.07, 6.45) is 2.43. The molecular formula is C9H17BrN2O2. The molecule has 0 aliphatic carbocycles. The topological polar surface area (TPSA) is 58.2 Å². The van der Waals surface area contributed by atoms with Gasteiger partial charge in [-0.25, -0.2) is 0 Å². The van der Waals surface area contributed by atoms with Crippen molar-refractivity contribution in [2.75, 3.05) is 18.4 Å². The minimum absolute atomic E-state index is 0.0789. The molecule has 4 nitrogen and oxygen atoms in total.